The van der Waals surface area contributed by atoms with Gasteiger partial charge in [0.15, 0.2) is 0 Å². The normalized spacial score (nSPS) is 12.2. The zero-order valence-corrected chi connectivity index (χ0v) is 13.1. The average Bonchev–Trinajstić information content (AvgIpc) is 2.77. The largest absolute Gasteiger partial charge is 0.383 e. The number of aryl methyl sites for hydroxylation is 1. The van der Waals surface area contributed by atoms with Gasteiger partial charge in [0.05, 0.1) is 6.61 Å². The lowest BCUT2D eigenvalue weighted by molar-refractivity contribution is 0.198. The highest BCUT2D eigenvalue weighted by molar-refractivity contribution is 5.84. The predicted octanol–water partition coefficient (Wildman–Crippen LogP) is 3.08. The molecule has 20 heavy (non-hydrogen) atoms. The summed E-state index contributed by atoms with van der Waals surface area (Å²) in [6, 6.07) is 8.64. The number of aromatic nitrogens is 1. The Labute approximate surface area is 121 Å². The van der Waals surface area contributed by atoms with E-state index in [1.54, 1.807) is 7.11 Å². The second-order valence-electron chi connectivity index (χ2n) is 6.05. The van der Waals surface area contributed by atoms with Gasteiger partial charge >= 0.3 is 0 Å². The van der Waals surface area contributed by atoms with Crippen LogP contribution in [0.25, 0.3) is 10.9 Å². The Balaban J connectivity index is 2.11. The van der Waals surface area contributed by atoms with Gasteiger partial charge in [-0.05, 0) is 30.0 Å². The Morgan fingerprint density at radius 3 is 2.70 bits per heavy atom. The molecule has 0 bridgehead atoms. The molecule has 0 spiro atoms. The minimum Gasteiger partial charge on any atom is -0.383 e. The van der Waals surface area contributed by atoms with Gasteiger partial charge in [-0.1, -0.05) is 32.0 Å². The van der Waals surface area contributed by atoms with Crippen LogP contribution in [0.15, 0.2) is 30.5 Å². The first-order valence-corrected chi connectivity index (χ1v) is 7.30. The molecule has 1 heterocycles. The molecule has 0 fully saturated rings. The Morgan fingerprint density at radius 1 is 1.20 bits per heavy atom. The van der Waals surface area contributed by atoms with Crippen LogP contribution in [-0.4, -0.2) is 31.4 Å². The Bertz CT molecular complexity index is 557. The Morgan fingerprint density at radius 2 is 1.95 bits per heavy atom. The van der Waals surface area contributed by atoms with E-state index < -0.39 is 0 Å². The van der Waals surface area contributed by atoms with Crippen molar-refractivity contribution in [3.8, 4) is 0 Å². The quantitative estimate of drug-likeness (QED) is 0.785. The molecule has 3 nitrogen and oxygen atoms in total. The van der Waals surface area contributed by atoms with Crippen LogP contribution in [0.3, 0.4) is 0 Å². The number of rotatable bonds is 7. The van der Waals surface area contributed by atoms with Crippen molar-refractivity contribution in [1.82, 2.24) is 9.88 Å². The Kier molecular flexibility index (Phi) is 4.84. The van der Waals surface area contributed by atoms with Crippen LogP contribution in [-0.2, 0) is 17.2 Å². The molecule has 0 atom stereocenters. The van der Waals surface area contributed by atoms with Gasteiger partial charge in [-0.25, -0.2) is 0 Å². The van der Waals surface area contributed by atoms with Crippen LogP contribution >= 0.6 is 0 Å². The third-order valence-corrected chi connectivity index (χ3v) is 4.04. The molecule has 1 N–H and O–H groups in total. The number of ether oxygens (including phenoxy) is 1. The van der Waals surface area contributed by atoms with E-state index in [0.717, 1.165) is 26.1 Å². The van der Waals surface area contributed by atoms with Crippen LogP contribution in [0.5, 0.6) is 0 Å². The second-order valence-corrected chi connectivity index (χ2v) is 6.05. The molecule has 0 saturated carbocycles. The van der Waals surface area contributed by atoms with Gasteiger partial charge in [0, 0.05) is 37.8 Å². The topological polar surface area (TPSA) is 26.2 Å². The maximum absolute atomic E-state index is 5.05. The fraction of sp³-hybridized carbons (Fsp3) is 0.529. The van der Waals surface area contributed by atoms with Gasteiger partial charge in [0.2, 0.25) is 0 Å². The van der Waals surface area contributed by atoms with Gasteiger partial charge in [0.1, 0.15) is 0 Å². The number of benzene rings is 1. The lowest BCUT2D eigenvalue weighted by atomic mass is 9.81. The van der Waals surface area contributed by atoms with Crippen LogP contribution in [0.4, 0.5) is 0 Å². The summed E-state index contributed by atoms with van der Waals surface area (Å²) in [5.74, 6) is 0. The fourth-order valence-electron chi connectivity index (χ4n) is 2.72. The first-order valence-electron chi connectivity index (χ1n) is 7.30. The molecule has 0 aliphatic rings. The van der Waals surface area contributed by atoms with Gasteiger partial charge in [-0.3, -0.25) is 0 Å². The molecule has 0 saturated heterocycles. The van der Waals surface area contributed by atoms with Crippen LogP contribution in [0.2, 0.25) is 0 Å². The van der Waals surface area contributed by atoms with Crippen molar-refractivity contribution in [2.24, 2.45) is 7.05 Å². The molecular formula is C17H26N2O. The van der Waals surface area contributed by atoms with E-state index in [1.807, 2.05) is 0 Å². The third kappa shape index (κ3) is 3.22. The predicted molar refractivity (Wildman–Crippen MR) is 85.3 cm³/mol. The van der Waals surface area contributed by atoms with Gasteiger partial charge < -0.3 is 14.6 Å². The number of hydrogen-bond donors (Lipinski definition) is 1. The van der Waals surface area contributed by atoms with E-state index in [2.05, 4.69) is 61.2 Å². The van der Waals surface area contributed by atoms with E-state index in [1.165, 1.54) is 16.5 Å². The third-order valence-electron chi connectivity index (χ3n) is 4.04. The number of nitrogens with one attached hydrogen (secondary N) is 1. The summed E-state index contributed by atoms with van der Waals surface area (Å²) in [4.78, 5) is 0. The van der Waals surface area contributed by atoms with Crippen LogP contribution in [0.1, 0.15) is 25.8 Å². The summed E-state index contributed by atoms with van der Waals surface area (Å²) in [5, 5.41) is 4.81. The van der Waals surface area contributed by atoms with Crippen molar-refractivity contribution < 1.29 is 4.74 Å². The van der Waals surface area contributed by atoms with Crippen molar-refractivity contribution in [1.29, 1.82) is 0 Å². The highest BCUT2D eigenvalue weighted by Gasteiger charge is 2.24. The SMILES string of the molecule is COCCNCCC(C)(C)c1cn(C)c2ccccc12. The van der Waals surface area contributed by atoms with Crippen molar-refractivity contribution in [2.45, 2.75) is 25.7 Å². The van der Waals surface area contributed by atoms with Crippen molar-refractivity contribution in [3.63, 3.8) is 0 Å². The minimum absolute atomic E-state index is 0.168. The van der Waals surface area contributed by atoms with Gasteiger partial charge in [-0.15, -0.1) is 0 Å². The van der Waals surface area contributed by atoms with Crippen molar-refractivity contribution in [3.05, 3.63) is 36.0 Å². The average molecular weight is 274 g/mol. The first kappa shape index (κ1) is 15.1. The summed E-state index contributed by atoms with van der Waals surface area (Å²) in [6.45, 7) is 7.36. The molecule has 0 aliphatic carbocycles. The van der Waals surface area contributed by atoms with E-state index in [-0.39, 0.29) is 5.41 Å². The van der Waals surface area contributed by atoms with E-state index >= 15 is 0 Å². The van der Waals surface area contributed by atoms with E-state index in [9.17, 15) is 0 Å². The maximum atomic E-state index is 5.05. The number of nitrogens with zero attached hydrogens (tertiary/aromatic N) is 1. The molecule has 2 aromatic rings. The smallest absolute Gasteiger partial charge is 0.0587 e. The fourth-order valence-corrected chi connectivity index (χ4v) is 2.72. The van der Waals surface area contributed by atoms with Crippen molar-refractivity contribution in [2.75, 3.05) is 26.8 Å². The van der Waals surface area contributed by atoms with Crippen LogP contribution < -0.4 is 5.32 Å². The van der Waals surface area contributed by atoms with Crippen molar-refractivity contribution >= 4 is 10.9 Å². The molecule has 0 aliphatic heterocycles. The molecule has 3 heteroatoms. The highest BCUT2D eigenvalue weighted by Crippen LogP contribution is 2.33. The second kappa shape index (κ2) is 6.42. The Hall–Kier alpha value is -1.32. The molecule has 1 aromatic carbocycles. The molecule has 0 amide bonds. The lowest BCUT2D eigenvalue weighted by Gasteiger charge is -2.24. The zero-order valence-electron chi connectivity index (χ0n) is 13.1. The number of para-hydroxylation sites is 1. The standard InChI is InChI=1S/C17H26N2O/c1-17(2,9-10-18-11-12-20-4)15-13-19(3)16-8-6-5-7-14(15)16/h5-8,13,18H,9-12H2,1-4H3. The number of methoxy groups -OCH3 is 1. The van der Waals surface area contributed by atoms with E-state index in [4.69, 9.17) is 4.74 Å². The minimum atomic E-state index is 0.168. The summed E-state index contributed by atoms with van der Waals surface area (Å²) >= 11 is 0. The summed E-state index contributed by atoms with van der Waals surface area (Å²) in [6.07, 6.45) is 3.39. The molecule has 1 aromatic heterocycles. The summed E-state index contributed by atoms with van der Waals surface area (Å²) in [5.41, 5.74) is 2.91. The van der Waals surface area contributed by atoms with Crippen LogP contribution in [0, 0.1) is 0 Å². The monoisotopic (exact) mass is 274 g/mol. The zero-order chi connectivity index (χ0) is 14.6. The first-order chi connectivity index (χ1) is 9.56. The summed E-state index contributed by atoms with van der Waals surface area (Å²) in [7, 11) is 3.86. The van der Waals surface area contributed by atoms with Gasteiger partial charge in [0.25, 0.3) is 0 Å². The molecule has 0 unspecified atom stereocenters. The molecular weight excluding hydrogens is 248 g/mol. The number of hydrogen-bond acceptors (Lipinski definition) is 2. The molecule has 110 valence electrons. The number of fused-ring (bicyclic) bond motifs is 1. The van der Waals surface area contributed by atoms with E-state index in [0.29, 0.717) is 0 Å². The molecule has 0 radical (unpaired) electrons. The summed E-state index contributed by atoms with van der Waals surface area (Å²) < 4.78 is 7.28. The molecule has 2 rings (SSSR count). The maximum Gasteiger partial charge on any atom is 0.0587 e. The lowest BCUT2D eigenvalue weighted by Crippen LogP contribution is -2.27. The van der Waals surface area contributed by atoms with Gasteiger partial charge in [-0.2, -0.15) is 0 Å². The highest BCUT2D eigenvalue weighted by atomic mass is 16.5.